The van der Waals surface area contributed by atoms with Crippen molar-refractivity contribution in [1.82, 2.24) is 4.98 Å². The van der Waals surface area contributed by atoms with Gasteiger partial charge in [-0.25, -0.2) is 0 Å². The van der Waals surface area contributed by atoms with Gasteiger partial charge in [0.15, 0.2) is 0 Å². The van der Waals surface area contributed by atoms with E-state index in [0.29, 0.717) is 0 Å². The third kappa shape index (κ3) is 2.99. The Kier molecular flexibility index (Phi) is 4.22. The Balaban J connectivity index is 2.79. The first kappa shape index (κ1) is 10.5. The second-order valence-corrected chi connectivity index (χ2v) is 3.44. The summed E-state index contributed by atoms with van der Waals surface area (Å²) in [7, 11) is 0. The number of hydrogen-bond acceptors (Lipinski definition) is 2. The molecule has 1 heterocycles. The first-order valence-corrected chi connectivity index (χ1v) is 5.55. The van der Waals surface area contributed by atoms with Crippen molar-refractivity contribution < 1.29 is 4.74 Å². The number of alkyl halides is 1. The number of hydrogen-bond donors (Lipinski definition) is 0. The number of aryl methyl sites for hydroxylation is 1. The number of pyridine rings is 1. The lowest BCUT2D eigenvalue weighted by molar-refractivity contribution is 0.313. The van der Waals surface area contributed by atoms with Crippen LogP contribution in [0.25, 0.3) is 0 Å². The second-order valence-electron chi connectivity index (χ2n) is 2.88. The number of nitrogens with zero attached hydrogens (tertiary/aromatic N) is 1. The predicted octanol–water partition coefficient (Wildman–Crippen LogP) is 3.07. The summed E-state index contributed by atoms with van der Waals surface area (Å²) in [6.45, 7) is 4.83. The standard InChI is InChI=1S/C10H14BrNO/c1-3-6-13-10-5-4-8(2)12-9(10)7-11/h4-5H,3,6-7H2,1-2H3. The van der Waals surface area contributed by atoms with Gasteiger partial charge in [-0.2, -0.15) is 0 Å². The average molecular weight is 244 g/mol. The van der Waals surface area contributed by atoms with Crippen molar-refractivity contribution in [3.05, 3.63) is 23.5 Å². The van der Waals surface area contributed by atoms with E-state index in [9.17, 15) is 0 Å². The number of rotatable bonds is 4. The Bertz CT molecular complexity index is 276. The summed E-state index contributed by atoms with van der Waals surface area (Å²) in [5, 5.41) is 0.744. The lowest BCUT2D eigenvalue weighted by atomic mass is 10.3. The highest BCUT2D eigenvalue weighted by Crippen LogP contribution is 2.19. The fourth-order valence-electron chi connectivity index (χ4n) is 1.04. The highest BCUT2D eigenvalue weighted by Gasteiger charge is 2.03. The Hall–Kier alpha value is -0.570. The molecule has 0 saturated carbocycles. The highest BCUT2D eigenvalue weighted by molar-refractivity contribution is 9.08. The van der Waals surface area contributed by atoms with Gasteiger partial charge in [0.05, 0.1) is 12.3 Å². The molecule has 1 aromatic rings. The largest absolute Gasteiger partial charge is 0.492 e. The van der Waals surface area contributed by atoms with Crippen LogP contribution in [0.1, 0.15) is 24.7 Å². The third-order valence-electron chi connectivity index (χ3n) is 1.66. The van der Waals surface area contributed by atoms with Gasteiger partial charge in [-0.05, 0) is 25.5 Å². The molecular formula is C10H14BrNO. The summed E-state index contributed by atoms with van der Waals surface area (Å²) in [4.78, 5) is 4.37. The van der Waals surface area contributed by atoms with Gasteiger partial charge in [0, 0.05) is 11.0 Å². The van der Waals surface area contributed by atoms with Crippen LogP contribution in [0.3, 0.4) is 0 Å². The smallest absolute Gasteiger partial charge is 0.141 e. The normalized spacial score (nSPS) is 10.1. The van der Waals surface area contributed by atoms with Gasteiger partial charge in [0.25, 0.3) is 0 Å². The van der Waals surface area contributed by atoms with E-state index in [2.05, 4.69) is 27.8 Å². The zero-order chi connectivity index (χ0) is 9.68. The molecule has 0 aliphatic rings. The zero-order valence-electron chi connectivity index (χ0n) is 8.01. The van der Waals surface area contributed by atoms with E-state index < -0.39 is 0 Å². The Morgan fingerprint density at radius 2 is 2.23 bits per heavy atom. The molecule has 0 aliphatic heterocycles. The SMILES string of the molecule is CCCOc1ccc(C)nc1CBr. The Morgan fingerprint density at radius 1 is 1.46 bits per heavy atom. The van der Waals surface area contributed by atoms with Crippen molar-refractivity contribution in [2.45, 2.75) is 25.6 Å². The quantitative estimate of drug-likeness (QED) is 0.759. The maximum Gasteiger partial charge on any atom is 0.141 e. The van der Waals surface area contributed by atoms with Crippen LogP contribution in [0.4, 0.5) is 0 Å². The molecule has 13 heavy (non-hydrogen) atoms. The average Bonchev–Trinajstić information content (AvgIpc) is 2.16. The molecule has 1 rings (SSSR count). The van der Waals surface area contributed by atoms with Crippen LogP contribution >= 0.6 is 15.9 Å². The highest BCUT2D eigenvalue weighted by atomic mass is 79.9. The van der Waals surface area contributed by atoms with Crippen molar-refractivity contribution in [3.8, 4) is 5.75 Å². The van der Waals surface area contributed by atoms with Crippen LogP contribution in [0.15, 0.2) is 12.1 Å². The topological polar surface area (TPSA) is 22.1 Å². The minimum absolute atomic E-state index is 0.744. The summed E-state index contributed by atoms with van der Waals surface area (Å²) >= 11 is 3.39. The fourth-order valence-corrected chi connectivity index (χ4v) is 1.44. The lowest BCUT2D eigenvalue weighted by Crippen LogP contribution is -2.00. The molecule has 0 radical (unpaired) electrons. The van der Waals surface area contributed by atoms with E-state index in [0.717, 1.165) is 35.5 Å². The van der Waals surface area contributed by atoms with Gasteiger partial charge in [-0.3, -0.25) is 4.98 Å². The summed E-state index contributed by atoms with van der Waals surface area (Å²) in [5.74, 6) is 0.893. The van der Waals surface area contributed by atoms with Crippen molar-refractivity contribution in [2.75, 3.05) is 6.61 Å². The van der Waals surface area contributed by atoms with Gasteiger partial charge in [0.2, 0.25) is 0 Å². The minimum atomic E-state index is 0.744. The predicted molar refractivity (Wildman–Crippen MR) is 57.4 cm³/mol. The molecule has 0 aromatic carbocycles. The number of halogens is 1. The molecule has 2 nitrogen and oxygen atoms in total. The van der Waals surface area contributed by atoms with Crippen molar-refractivity contribution >= 4 is 15.9 Å². The van der Waals surface area contributed by atoms with Gasteiger partial charge in [-0.1, -0.05) is 22.9 Å². The van der Waals surface area contributed by atoms with Crippen molar-refractivity contribution in [2.24, 2.45) is 0 Å². The van der Waals surface area contributed by atoms with Gasteiger partial charge in [0.1, 0.15) is 5.75 Å². The van der Waals surface area contributed by atoms with E-state index in [1.54, 1.807) is 0 Å². The molecule has 3 heteroatoms. The second kappa shape index (κ2) is 5.22. The molecule has 0 aliphatic carbocycles. The maximum absolute atomic E-state index is 5.54. The molecule has 0 unspecified atom stereocenters. The molecule has 0 saturated heterocycles. The summed E-state index contributed by atoms with van der Waals surface area (Å²) in [5.41, 5.74) is 2.01. The van der Waals surface area contributed by atoms with E-state index in [1.807, 2.05) is 19.1 Å². The van der Waals surface area contributed by atoms with Gasteiger partial charge >= 0.3 is 0 Å². The molecule has 0 spiro atoms. The molecule has 0 amide bonds. The van der Waals surface area contributed by atoms with E-state index >= 15 is 0 Å². The molecule has 0 atom stereocenters. The minimum Gasteiger partial charge on any atom is -0.492 e. The Labute approximate surface area is 87.5 Å². The molecule has 0 N–H and O–H groups in total. The number of aromatic nitrogens is 1. The van der Waals surface area contributed by atoms with E-state index in [-0.39, 0.29) is 0 Å². The molecule has 0 fully saturated rings. The summed E-state index contributed by atoms with van der Waals surface area (Å²) in [6, 6.07) is 3.95. The van der Waals surface area contributed by atoms with Crippen LogP contribution in [0, 0.1) is 6.92 Å². The van der Waals surface area contributed by atoms with Gasteiger partial charge in [-0.15, -0.1) is 0 Å². The van der Waals surface area contributed by atoms with Crippen LogP contribution in [0.5, 0.6) is 5.75 Å². The van der Waals surface area contributed by atoms with Crippen LogP contribution in [0.2, 0.25) is 0 Å². The lowest BCUT2D eigenvalue weighted by Gasteiger charge is -2.08. The van der Waals surface area contributed by atoms with E-state index in [1.165, 1.54) is 0 Å². The molecule has 72 valence electrons. The van der Waals surface area contributed by atoms with Crippen LogP contribution in [-0.4, -0.2) is 11.6 Å². The maximum atomic E-state index is 5.54. The fraction of sp³-hybridized carbons (Fsp3) is 0.500. The van der Waals surface area contributed by atoms with E-state index in [4.69, 9.17) is 4.74 Å². The summed E-state index contributed by atoms with van der Waals surface area (Å²) < 4.78 is 5.54. The molecule has 0 bridgehead atoms. The Morgan fingerprint density at radius 3 is 2.85 bits per heavy atom. The van der Waals surface area contributed by atoms with Crippen molar-refractivity contribution in [1.29, 1.82) is 0 Å². The zero-order valence-corrected chi connectivity index (χ0v) is 9.60. The summed E-state index contributed by atoms with van der Waals surface area (Å²) in [6.07, 6.45) is 1.02. The first-order chi connectivity index (χ1) is 6.27. The van der Waals surface area contributed by atoms with Gasteiger partial charge < -0.3 is 4.74 Å². The number of ether oxygens (including phenoxy) is 1. The third-order valence-corrected chi connectivity index (χ3v) is 2.19. The van der Waals surface area contributed by atoms with Crippen molar-refractivity contribution in [3.63, 3.8) is 0 Å². The van der Waals surface area contributed by atoms with Crippen LogP contribution < -0.4 is 4.74 Å². The van der Waals surface area contributed by atoms with Crippen LogP contribution in [-0.2, 0) is 5.33 Å². The molecule has 1 aromatic heterocycles. The molecular weight excluding hydrogens is 230 g/mol. The monoisotopic (exact) mass is 243 g/mol. The first-order valence-electron chi connectivity index (χ1n) is 4.43.